The highest BCUT2D eigenvalue weighted by Crippen LogP contribution is 2.25. The van der Waals surface area contributed by atoms with Crippen LogP contribution in [0, 0.1) is 12.3 Å². The quantitative estimate of drug-likeness (QED) is 0.126. The molecule has 0 radical (unpaired) electrons. The third kappa shape index (κ3) is 5.75. The van der Waals surface area contributed by atoms with Gasteiger partial charge >= 0.3 is 0 Å². The van der Waals surface area contributed by atoms with Crippen molar-refractivity contribution >= 4 is 29.2 Å². The van der Waals surface area contributed by atoms with Gasteiger partial charge < -0.3 is 20.9 Å². The number of allylic oxidation sites excluding steroid dienone is 2. The van der Waals surface area contributed by atoms with Crippen LogP contribution >= 0.6 is 11.9 Å². The lowest BCUT2D eigenvalue weighted by atomic mass is 10.1. The highest BCUT2D eigenvalue weighted by Gasteiger charge is 2.11. The molecule has 0 saturated carbocycles. The van der Waals surface area contributed by atoms with Crippen molar-refractivity contribution < 1.29 is 9.13 Å². The minimum Gasteiger partial charge on any atom is -0.497 e. The number of pyridine rings is 1. The number of aromatic nitrogens is 1. The fourth-order valence-electron chi connectivity index (χ4n) is 2.53. The van der Waals surface area contributed by atoms with Gasteiger partial charge in [0.2, 0.25) is 0 Å². The molecule has 0 aliphatic carbocycles. The first-order chi connectivity index (χ1) is 13.5. The van der Waals surface area contributed by atoms with E-state index >= 15 is 0 Å². The van der Waals surface area contributed by atoms with Gasteiger partial charge in [0.15, 0.2) is 0 Å². The maximum absolute atomic E-state index is 12.1. The number of alkyl halides is 1. The molecule has 6 nitrogen and oxygen atoms in total. The van der Waals surface area contributed by atoms with E-state index in [-0.39, 0.29) is 5.84 Å². The molecular weight excluding hydrogens is 377 g/mol. The Bertz CT molecular complexity index is 858. The number of nitrogen functional groups attached to an aromatic ring is 2. The molecule has 8 heteroatoms. The molecule has 1 heterocycles. The molecule has 2 aromatic rings. The van der Waals surface area contributed by atoms with Gasteiger partial charge in [-0.1, -0.05) is 18.2 Å². The number of hydrogen-bond acceptors (Lipinski definition) is 6. The summed E-state index contributed by atoms with van der Waals surface area (Å²) in [5.74, 6) is 1.19. The normalized spacial score (nSPS) is 11.6. The summed E-state index contributed by atoms with van der Waals surface area (Å²) in [6.45, 7) is 1.27. The number of nitrogens with one attached hydrogen (secondary N) is 2. The van der Waals surface area contributed by atoms with Crippen LogP contribution in [0.25, 0.3) is 11.3 Å². The maximum atomic E-state index is 12.1. The van der Waals surface area contributed by atoms with Crippen LogP contribution in [0.15, 0.2) is 54.3 Å². The number of aryl methyl sites for hydroxylation is 1. The molecule has 0 bridgehead atoms. The third-order valence-electron chi connectivity index (χ3n) is 3.85. The summed E-state index contributed by atoms with van der Waals surface area (Å²) in [5, 5.41) is 7.59. The average molecular weight is 402 g/mol. The molecule has 6 N–H and O–H groups in total. The minimum atomic E-state index is -0.518. The molecule has 0 unspecified atom stereocenters. The van der Waals surface area contributed by atoms with E-state index in [1.807, 2.05) is 30.3 Å². The van der Waals surface area contributed by atoms with Crippen molar-refractivity contribution in [1.82, 2.24) is 4.98 Å². The number of rotatable bonds is 9. The largest absolute Gasteiger partial charge is 0.497 e. The van der Waals surface area contributed by atoms with Crippen molar-refractivity contribution in [1.29, 1.82) is 5.41 Å². The van der Waals surface area contributed by atoms with Crippen LogP contribution in [0.2, 0.25) is 0 Å². The Morgan fingerprint density at radius 1 is 1.36 bits per heavy atom. The lowest BCUT2D eigenvalue weighted by Gasteiger charge is -2.11. The van der Waals surface area contributed by atoms with Gasteiger partial charge in [0.1, 0.15) is 18.3 Å². The Balaban J connectivity index is 2.01. The van der Waals surface area contributed by atoms with Crippen molar-refractivity contribution in [2.45, 2.75) is 6.92 Å². The van der Waals surface area contributed by atoms with Crippen molar-refractivity contribution in [2.75, 3.05) is 30.0 Å². The summed E-state index contributed by atoms with van der Waals surface area (Å²) >= 11 is 1.49. The number of methoxy groups -OCH3 is 1. The number of ether oxygens (including phenoxy) is 1. The number of anilines is 2. The van der Waals surface area contributed by atoms with Crippen LogP contribution in [0.1, 0.15) is 11.3 Å². The summed E-state index contributed by atoms with van der Waals surface area (Å²) in [7, 11) is 1.55. The lowest BCUT2D eigenvalue weighted by Crippen LogP contribution is -2.16. The molecule has 28 heavy (non-hydrogen) atoms. The predicted octanol–water partition coefficient (Wildman–Crippen LogP) is 4.04. The lowest BCUT2D eigenvalue weighted by molar-refractivity contribution is 0.306. The van der Waals surface area contributed by atoms with Gasteiger partial charge in [0.25, 0.3) is 0 Å². The van der Waals surface area contributed by atoms with E-state index in [1.54, 1.807) is 26.2 Å². The SMILES string of the molecule is COC(/C=C\CF)=C/CSNc1ccc(-c2cc(N)c(C(=N)N)c(C)n2)cc1. The highest BCUT2D eigenvalue weighted by atomic mass is 32.2. The Labute approximate surface area is 168 Å². The molecule has 0 spiro atoms. The number of amidine groups is 1. The molecule has 0 fully saturated rings. The fourth-order valence-corrected chi connectivity index (χ4v) is 3.17. The predicted molar refractivity (Wildman–Crippen MR) is 116 cm³/mol. The van der Waals surface area contributed by atoms with Gasteiger partial charge in [-0.3, -0.25) is 10.4 Å². The first kappa shape index (κ1) is 21.3. The van der Waals surface area contributed by atoms with Crippen molar-refractivity contribution in [2.24, 2.45) is 5.73 Å². The van der Waals surface area contributed by atoms with E-state index in [0.717, 1.165) is 16.9 Å². The molecule has 148 valence electrons. The third-order valence-corrected chi connectivity index (χ3v) is 4.56. The van der Waals surface area contributed by atoms with E-state index in [0.29, 0.717) is 28.5 Å². The van der Waals surface area contributed by atoms with E-state index in [4.69, 9.17) is 21.6 Å². The first-order valence-corrected chi connectivity index (χ1v) is 9.51. The molecule has 0 atom stereocenters. The van der Waals surface area contributed by atoms with Crippen molar-refractivity contribution in [3.63, 3.8) is 0 Å². The fraction of sp³-hybridized carbons (Fsp3) is 0.200. The Hall–Kier alpha value is -3.00. The van der Waals surface area contributed by atoms with E-state index < -0.39 is 6.67 Å². The second kappa shape index (κ2) is 10.4. The second-order valence-corrected chi connectivity index (χ2v) is 6.65. The van der Waals surface area contributed by atoms with Gasteiger partial charge in [-0.15, -0.1) is 0 Å². The van der Waals surface area contributed by atoms with E-state index in [1.165, 1.54) is 18.0 Å². The van der Waals surface area contributed by atoms with Crippen LogP contribution in [0.4, 0.5) is 15.8 Å². The molecule has 1 aromatic heterocycles. The van der Waals surface area contributed by atoms with E-state index in [9.17, 15) is 4.39 Å². The molecular formula is C20H24FN5OS. The van der Waals surface area contributed by atoms with Gasteiger partial charge in [-0.05, 0) is 49.2 Å². The number of nitrogens with zero attached hydrogens (tertiary/aromatic N) is 1. The summed E-state index contributed by atoms with van der Waals surface area (Å²) in [4.78, 5) is 4.50. The summed E-state index contributed by atoms with van der Waals surface area (Å²) in [6.07, 6.45) is 4.87. The zero-order valence-corrected chi connectivity index (χ0v) is 16.6. The Kier molecular flexibility index (Phi) is 7.88. The monoisotopic (exact) mass is 401 g/mol. The standard InChI is InChI=1S/C20H24FN5OS/c1-13-19(20(23)24)17(22)12-18(25-13)14-5-7-15(8-6-14)26-28-11-9-16(27-2)4-3-10-21/h3-9,12,26H,10-11H2,1-2H3,(H2,22,25)(H3,23,24)/b4-3-,16-9+. The molecule has 2 rings (SSSR count). The molecule has 0 amide bonds. The summed E-state index contributed by atoms with van der Waals surface area (Å²) < 4.78 is 20.5. The van der Waals surface area contributed by atoms with E-state index in [2.05, 4.69) is 9.71 Å². The summed E-state index contributed by atoms with van der Waals surface area (Å²) in [5.41, 5.74) is 15.7. The van der Waals surface area contributed by atoms with Crippen LogP contribution in [-0.4, -0.2) is 30.4 Å². The molecule has 0 saturated heterocycles. The van der Waals surface area contributed by atoms with Crippen LogP contribution in [-0.2, 0) is 4.74 Å². The smallest absolute Gasteiger partial charge is 0.126 e. The zero-order valence-electron chi connectivity index (χ0n) is 15.8. The minimum absolute atomic E-state index is 0.0866. The second-order valence-electron chi connectivity index (χ2n) is 5.83. The molecule has 0 aliphatic rings. The first-order valence-electron chi connectivity index (χ1n) is 8.52. The Morgan fingerprint density at radius 3 is 2.64 bits per heavy atom. The number of benzene rings is 1. The van der Waals surface area contributed by atoms with Crippen LogP contribution in [0.5, 0.6) is 0 Å². The number of halogens is 1. The van der Waals surface area contributed by atoms with Gasteiger partial charge in [-0.2, -0.15) is 0 Å². The maximum Gasteiger partial charge on any atom is 0.126 e. The van der Waals surface area contributed by atoms with Gasteiger partial charge in [0.05, 0.1) is 24.1 Å². The zero-order chi connectivity index (χ0) is 20.5. The molecule has 0 aliphatic heterocycles. The average Bonchev–Trinajstić information content (AvgIpc) is 2.67. The molecule has 1 aromatic carbocycles. The topological polar surface area (TPSA) is 110 Å². The number of nitrogens with two attached hydrogens (primary N) is 2. The number of hydrogen-bond donors (Lipinski definition) is 4. The Morgan fingerprint density at radius 2 is 2.07 bits per heavy atom. The van der Waals surface area contributed by atoms with Crippen molar-refractivity contribution in [3.8, 4) is 11.3 Å². The van der Waals surface area contributed by atoms with Crippen molar-refractivity contribution in [3.05, 3.63) is 65.6 Å². The van der Waals surface area contributed by atoms with Gasteiger partial charge in [-0.25, -0.2) is 4.39 Å². The van der Waals surface area contributed by atoms with Crippen LogP contribution in [0.3, 0.4) is 0 Å². The summed E-state index contributed by atoms with van der Waals surface area (Å²) in [6, 6.07) is 9.50. The van der Waals surface area contributed by atoms with Crippen LogP contribution < -0.4 is 16.2 Å². The van der Waals surface area contributed by atoms with Gasteiger partial charge in [0, 0.05) is 22.7 Å². The highest BCUT2D eigenvalue weighted by molar-refractivity contribution is 8.00.